The molecule has 9 nitrogen and oxygen atoms in total. The van der Waals surface area contributed by atoms with Crippen LogP contribution in [0, 0.1) is 0 Å². The Bertz CT molecular complexity index is 1810. The van der Waals surface area contributed by atoms with E-state index in [1.807, 2.05) is 66.7 Å². The molecule has 0 saturated heterocycles. The van der Waals surface area contributed by atoms with Crippen molar-refractivity contribution in [2.45, 2.75) is 6.23 Å². The van der Waals surface area contributed by atoms with Gasteiger partial charge in [0.15, 0.2) is 0 Å². The van der Waals surface area contributed by atoms with Gasteiger partial charge >= 0.3 is 6.09 Å². The number of hydrogen-bond donors (Lipinski definition) is 1. The number of carbonyl (C=O) groups is 3. The maximum absolute atomic E-state index is 12.8. The third-order valence-corrected chi connectivity index (χ3v) is 7.40. The van der Waals surface area contributed by atoms with Crippen molar-refractivity contribution in [2.24, 2.45) is 9.98 Å². The number of carbonyl (C=O) groups excluding carboxylic acids is 3. The molecule has 1 N–H and O–H groups in total. The van der Waals surface area contributed by atoms with Gasteiger partial charge in [0.2, 0.25) is 5.91 Å². The quantitative estimate of drug-likeness (QED) is 0.283. The van der Waals surface area contributed by atoms with Gasteiger partial charge in [-0.1, -0.05) is 83.9 Å². The standard InChI is InChI=1S/C19H18ClN3O3.C15H11ClN2O/c1-22(2)19(25)26-17-18(24)23(3)15-10-9-13(20)11-14(15)16(21-17)12-7-5-4-6-8-12;16-11-6-7-13-12(8-11)15(17-9-14(19)18-13)10-4-2-1-3-5-10/h4-11,17H,1-3H3;1-8H,9H2,(H,18,19). The number of ether oxygens (including phenoxy) is 1. The first-order valence-electron chi connectivity index (χ1n) is 13.9. The summed E-state index contributed by atoms with van der Waals surface area (Å²) >= 11 is 12.2. The molecule has 0 spiro atoms. The van der Waals surface area contributed by atoms with Crippen LogP contribution >= 0.6 is 23.2 Å². The van der Waals surface area contributed by atoms with E-state index in [1.165, 1.54) is 9.80 Å². The number of nitrogens with one attached hydrogen (secondary N) is 1. The average Bonchev–Trinajstić information content (AvgIpc) is 3.26. The molecule has 4 aromatic carbocycles. The van der Waals surface area contributed by atoms with Crippen molar-refractivity contribution < 1.29 is 19.1 Å². The minimum Gasteiger partial charge on any atom is -0.414 e. The summed E-state index contributed by atoms with van der Waals surface area (Å²) in [6, 6.07) is 29.8. The highest BCUT2D eigenvalue weighted by molar-refractivity contribution is 6.32. The monoisotopic (exact) mass is 641 g/mol. The van der Waals surface area contributed by atoms with E-state index in [9.17, 15) is 14.4 Å². The van der Waals surface area contributed by atoms with Crippen LogP contribution in [0.3, 0.4) is 0 Å². The second kappa shape index (κ2) is 13.8. The Morgan fingerprint density at radius 2 is 1.42 bits per heavy atom. The lowest BCUT2D eigenvalue weighted by Gasteiger charge is -2.21. The second-order valence-electron chi connectivity index (χ2n) is 10.3. The molecule has 0 fully saturated rings. The zero-order chi connectivity index (χ0) is 32.1. The number of fused-ring (bicyclic) bond motifs is 2. The van der Waals surface area contributed by atoms with Gasteiger partial charge < -0.3 is 19.9 Å². The van der Waals surface area contributed by atoms with Crippen LogP contribution < -0.4 is 10.2 Å². The normalized spacial score (nSPS) is 15.5. The molecule has 0 aromatic heterocycles. The smallest absolute Gasteiger partial charge is 0.411 e. The van der Waals surface area contributed by atoms with Gasteiger partial charge in [-0.3, -0.25) is 14.6 Å². The third kappa shape index (κ3) is 7.22. The molecule has 45 heavy (non-hydrogen) atoms. The molecule has 6 rings (SSSR count). The van der Waals surface area contributed by atoms with Gasteiger partial charge in [-0.15, -0.1) is 0 Å². The van der Waals surface area contributed by atoms with Gasteiger partial charge in [-0.25, -0.2) is 9.79 Å². The van der Waals surface area contributed by atoms with Crippen molar-refractivity contribution in [2.75, 3.05) is 37.9 Å². The highest BCUT2D eigenvalue weighted by atomic mass is 35.5. The van der Waals surface area contributed by atoms with E-state index in [2.05, 4.69) is 15.3 Å². The van der Waals surface area contributed by atoms with Crippen molar-refractivity contribution >= 4 is 63.9 Å². The molecule has 0 radical (unpaired) electrons. The molecular weight excluding hydrogens is 613 g/mol. The van der Waals surface area contributed by atoms with Crippen LogP contribution in [0.2, 0.25) is 10.0 Å². The summed E-state index contributed by atoms with van der Waals surface area (Å²) in [4.78, 5) is 48.0. The van der Waals surface area contributed by atoms with E-state index in [-0.39, 0.29) is 12.5 Å². The summed E-state index contributed by atoms with van der Waals surface area (Å²) in [5.74, 6) is -0.552. The van der Waals surface area contributed by atoms with Crippen LogP contribution in [0.25, 0.3) is 0 Å². The van der Waals surface area contributed by atoms with Crippen molar-refractivity contribution in [1.82, 2.24) is 4.90 Å². The van der Waals surface area contributed by atoms with E-state index in [4.69, 9.17) is 27.9 Å². The molecule has 0 bridgehead atoms. The number of benzene rings is 4. The number of halogens is 2. The van der Waals surface area contributed by atoms with E-state index < -0.39 is 18.2 Å². The lowest BCUT2D eigenvalue weighted by atomic mass is 10.0. The SMILES string of the molecule is CN(C)C(=O)OC1N=C(c2ccccc2)c2cc(Cl)ccc2N(C)C1=O.O=C1CN=C(c2ccccc2)c2cc(Cl)ccc2N1. The summed E-state index contributed by atoms with van der Waals surface area (Å²) in [5, 5.41) is 3.99. The number of benzodiazepines with no additional fused rings is 2. The number of anilines is 2. The van der Waals surface area contributed by atoms with Gasteiger partial charge in [0.25, 0.3) is 12.1 Å². The number of likely N-dealkylation sites (N-methyl/N-ethyl adjacent to an activating group) is 1. The Hall–Kier alpha value is -4.99. The largest absolute Gasteiger partial charge is 0.414 e. The zero-order valence-electron chi connectivity index (χ0n) is 24.7. The van der Waals surface area contributed by atoms with Crippen LogP contribution in [0.1, 0.15) is 22.3 Å². The Kier molecular flexibility index (Phi) is 9.61. The number of nitrogens with zero attached hydrogens (tertiary/aromatic N) is 4. The lowest BCUT2D eigenvalue weighted by Crippen LogP contribution is -2.39. The molecule has 2 heterocycles. The van der Waals surface area contributed by atoms with Gasteiger partial charge in [0.05, 0.1) is 22.8 Å². The van der Waals surface area contributed by atoms with E-state index in [0.29, 0.717) is 27.0 Å². The highest BCUT2D eigenvalue weighted by Crippen LogP contribution is 2.31. The average molecular weight is 643 g/mol. The topological polar surface area (TPSA) is 104 Å². The van der Waals surface area contributed by atoms with Crippen LogP contribution in [-0.2, 0) is 14.3 Å². The highest BCUT2D eigenvalue weighted by Gasteiger charge is 2.33. The summed E-state index contributed by atoms with van der Waals surface area (Å²) in [6.45, 7) is 0.122. The van der Waals surface area contributed by atoms with E-state index in [0.717, 1.165) is 28.1 Å². The fourth-order valence-electron chi connectivity index (χ4n) is 4.71. The van der Waals surface area contributed by atoms with Crippen molar-refractivity contribution in [3.63, 3.8) is 0 Å². The molecule has 0 aliphatic carbocycles. The molecule has 1 atom stereocenters. The second-order valence-corrected chi connectivity index (χ2v) is 11.2. The zero-order valence-corrected chi connectivity index (χ0v) is 26.2. The first-order chi connectivity index (χ1) is 21.6. The summed E-state index contributed by atoms with van der Waals surface area (Å²) < 4.78 is 5.30. The third-order valence-electron chi connectivity index (χ3n) is 6.93. The number of hydrogen-bond acceptors (Lipinski definition) is 6. The number of amides is 3. The van der Waals surface area contributed by atoms with Crippen LogP contribution in [-0.4, -0.2) is 68.1 Å². The van der Waals surface area contributed by atoms with E-state index >= 15 is 0 Å². The van der Waals surface area contributed by atoms with Crippen molar-refractivity contribution in [1.29, 1.82) is 0 Å². The van der Waals surface area contributed by atoms with Gasteiger partial charge in [0, 0.05) is 53.4 Å². The Morgan fingerprint density at radius 3 is 2.04 bits per heavy atom. The number of rotatable bonds is 3. The Labute approximate surface area is 270 Å². The molecule has 11 heteroatoms. The fourth-order valence-corrected chi connectivity index (χ4v) is 5.05. The first-order valence-corrected chi connectivity index (χ1v) is 14.7. The molecule has 0 saturated carbocycles. The summed E-state index contributed by atoms with van der Waals surface area (Å²) in [6.07, 6.45) is -1.92. The molecule has 2 aliphatic rings. The Morgan fingerprint density at radius 1 is 0.844 bits per heavy atom. The van der Waals surface area contributed by atoms with Gasteiger partial charge in [-0.2, -0.15) is 0 Å². The van der Waals surface area contributed by atoms with Crippen LogP contribution in [0.4, 0.5) is 16.2 Å². The molecule has 4 aromatic rings. The predicted molar refractivity (Wildman–Crippen MR) is 178 cm³/mol. The molecular formula is C34H29Cl2N5O4. The molecule has 1 unspecified atom stereocenters. The maximum atomic E-state index is 12.8. The predicted octanol–water partition coefficient (Wildman–Crippen LogP) is 6.31. The fraction of sp³-hybridized carbons (Fsp3) is 0.147. The maximum Gasteiger partial charge on any atom is 0.411 e. The minimum atomic E-state index is -1.28. The summed E-state index contributed by atoms with van der Waals surface area (Å²) in [5.41, 5.74) is 6.04. The number of aliphatic imine (C=N–C) groups is 2. The molecule has 228 valence electrons. The molecule has 2 aliphatic heterocycles. The Balaban J connectivity index is 0.000000186. The first kappa shape index (κ1) is 31.4. The summed E-state index contributed by atoms with van der Waals surface area (Å²) in [7, 11) is 4.71. The minimum absolute atomic E-state index is 0.116. The van der Waals surface area contributed by atoms with Crippen molar-refractivity contribution in [3.05, 3.63) is 129 Å². The van der Waals surface area contributed by atoms with E-state index in [1.54, 1.807) is 51.5 Å². The van der Waals surface area contributed by atoms with Crippen LogP contribution in [0.15, 0.2) is 107 Å². The van der Waals surface area contributed by atoms with Gasteiger partial charge in [-0.05, 0) is 36.4 Å². The van der Waals surface area contributed by atoms with Crippen molar-refractivity contribution in [3.8, 4) is 0 Å². The van der Waals surface area contributed by atoms with Crippen LogP contribution in [0.5, 0.6) is 0 Å². The lowest BCUT2D eigenvalue weighted by molar-refractivity contribution is -0.126. The molecule has 3 amide bonds. The van der Waals surface area contributed by atoms with Gasteiger partial charge in [0.1, 0.15) is 6.54 Å².